The first kappa shape index (κ1) is 26.6. The Balaban J connectivity index is 0.000000225. The molecule has 0 saturated carbocycles. The van der Waals surface area contributed by atoms with Crippen LogP contribution >= 0.6 is 23.2 Å². The summed E-state index contributed by atoms with van der Waals surface area (Å²) in [5.41, 5.74) is 12.3. The molecule has 0 unspecified atom stereocenters. The number of anilines is 1. The quantitative estimate of drug-likeness (QED) is 0.452. The number of fused-ring (bicyclic) bond motifs is 1. The number of aromatic nitrogens is 2. The van der Waals surface area contributed by atoms with E-state index < -0.39 is 12.6 Å². The van der Waals surface area contributed by atoms with Gasteiger partial charge in [0.15, 0.2) is 0 Å². The van der Waals surface area contributed by atoms with Gasteiger partial charge in [-0.2, -0.15) is 0 Å². The summed E-state index contributed by atoms with van der Waals surface area (Å²) in [5, 5.41) is 16.2. The molecule has 1 aliphatic rings. The number of nitrogens with zero attached hydrogens (tertiary/aromatic N) is 2. The van der Waals surface area contributed by atoms with Gasteiger partial charge in [0, 0.05) is 10.6 Å². The predicted molar refractivity (Wildman–Crippen MR) is 134 cm³/mol. The number of rotatable bonds is 4. The Morgan fingerprint density at radius 3 is 2.06 bits per heavy atom. The minimum Gasteiger partial charge on any atom is -0.480 e. The molecule has 1 aliphatic carbocycles. The molecule has 1 heterocycles. The van der Waals surface area contributed by atoms with Crippen LogP contribution in [0.5, 0.6) is 0 Å². The third kappa shape index (κ3) is 7.70. The van der Waals surface area contributed by atoms with Crippen molar-refractivity contribution in [3.63, 3.8) is 0 Å². The lowest BCUT2D eigenvalue weighted by atomic mass is 10.1. The standard InChI is InChI=1S/C14H15Cl2N3.C9H10.C2H4O3/c1-3-11-13(18-12(4-2)14(17)19-11)9-6-5-8(15)7-10(9)16;1-2-5-9-7-3-6-8(9)4-1;3-1-2(4)5/h5-7H,3-4H2,1-2H3,(H2,17,19);1-2,4-5H,3,6-7H2;3H,1H2,(H,4,5). The zero-order valence-electron chi connectivity index (χ0n) is 18.8. The summed E-state index contributed by atoms with van der Waals surface area (Å²) in [4.78, 5) is 18.2. The van der Waals surface area contributed by atoms with Crippen molar-refractivity contribution in [2.45, 2.75) is 46.0 Å². The number of carboxylic acid groups (broad SMARTS) is 1. The summed E-state index contributed by atoms with van der Waals surface area (Å²) in [6.45, 7) is 3.24. The second-order valence-corrected chi connectivity index (χ2v) is 8.20. The smallest absolute Gasteiger partial charge is 0.329 e. The van der Waals surface area contributed by atoms with Gasteiger partial charge in [-0.05, 0) is 61.4 Å². The van der Waals surface area contributed by atoms with Crippen molar-refractivity contribution in [3.8, 4) is 11.3 Å². The fourth-order valence-corrected chi connectivity index (χ4v) is 3.94. The maximum Gasteiger partial charge on any atom is 0.329 e. The Morgan fingerprint density at radius 2 is 1.58 bits per heavy atom. The molecular weight excluding hydrogens is 461 g/mol. The number of nitrogens with two attached hydrogens (primary N) is 1. The number of aliphatic hydroxyl groups is 1. The number of hydrogen-bond acceptors (Lipinski definition) is 5. The van der Waals surface area contributed by atoms with Crippen LogP contribution < -0.4 is 5.73 Å². The summed E-state index contributed by atoms with van der Waals surface area (Å²) in [6, 6.07) is 14.1. The lowest BCUT2D eigenvalue weighted by Crippen LogP contribution is -2.06. The van der Waals surface area contributed by atoms with Crippen LogP contribution in [0.15, 0.2) is 42.5 Å². The predicted octanol–water partition coefficient (Wildman–Crippen LogP) is 5.40. The Labute approximate surface area is 204 Å². The highest BCUT2D eigenvalue weighted by molar-refractivity contribution is 6.36. The molecule has 4 N–H and O–H groups in total. The third-order valence-electron chi connectivity index (χ3n) is 5.07. The van der Waals surface area contributed by atoms with E-state index in [0.29, 0.717) is 15.9 Å². The second-order valence-electron chi connectivity index (χ2n) is 7.36. The molecule has 8 heteroatoms. The molecule has 0 aliphatic heterocycles. The number of aryl methyl sites for hydroxylation is 4. The number of carboxylic acids is 1. The van der Waals surface area contributed by atoms with Crippen LogP contribution in [-0.4, -0.2) is 32.8 Å². The minimum absolute atomic E-state index is 0.494. The van der Waals surface area contributed by atoms with Crippen molar-refractivity contribution in [3.05, 3.63) is 75.0 Å². The van der Waals surface area contributed by atoms with Crippen molar-refractivity contribution in [1.29, 1.82) is 0 Å². The van der Waals surface area contributed by atoms with Gasteiger partial charge in [-0.15, -0.1) is 0 Å². The van der Waals surface area contributed by atoms with E-state index in [9.17, 15) is 0 Å². The van der Waals surface area contributed by atoms with E-state index in [1.165, 1.54) is 19.3 Å². The number of nitrogen functional groups attached to an aromatic ring is 1. The van der Waals surface area contributed by atoms with E-state index in [1.807, 2.05) is 19.9 Å². The lowest BCUT2D eigenvalue weighted by Gasteiger charge is -2.12. The topological polar surface area (TPSA) is 109 Å². The van der Waals surface area contributed by atoms with Crippen LogP contribution in [0.25, 0.3) is 11.3 Å². The van der Waals surface area contributed by atoms with Crippen LogP contribution in [0.3, 0.4) is 0 Å². The average Bonchev–Trinajstić information content (AvgIpc) is 3.29. The number of hydrogen-bond donors (Lipinski definition) is 3. The molecule has 3 aromatic rings. The molecule has 33 heavy (non-hydrogen) atoms. The molecule has 6 nitrogen and oxygen atoms in total. The summed E-state index contributed by atoms with van der Waals surface area (Å²) in [6.07, 6.45) is 5.45. The van der Waals surface area contributed by atoms with E-state index in [0.717, 1.165) is 35.5 Å². The Kier molecular flexibility index (Phi) is 10.6. The van der Waals surface area contributed by atoms with Crippen molar-refractivity contribution in [2.75, 3.05) is 12.3 Å². The molecule has 0 atom stereocenters. The van der Waals surface area contributed by atoms with Gasteiger partial charge in [0.05, 0.1) is 22.1 Å². The monoisotopic (exact) mass is 489 g/mol. The van der Waals surface area contributed by atoms with Crippen LogP contribution in [0.4, 0.5) is 5.82 Å². The maximum absolute atomic E-state index is 9.12. The average molecular weight is 490 g/mol. The van der Waals surface area contributed by atoms with Gasteiger partial charge < -0.3 is 15.9 Å². The van der Waals surface area contributed by atoms with Gasteiger partial charge >= 0.3 is 5.97 Å². The lowest BCUT2D eigenvalue weighted by molar-refractivity contribution is -0.140. The maximum atomic E-state index is 9.12. The molecule has 0 saturated heterocycles. The van der Waals surface area contributed by atoms with Crippen LogP contribution in [0.1, 0.15) is 42.8 Å². The summed E-state index contributed by atoms with van der Waals surface area (Å²) >= 11 is 12.2. The summed E-state index contributed by atoms with van der Waals surface area (Å²) in [7, 11) is 0. The van der Waals surface area contributed by atoms with Gasteiger partial charge in [-0.25, -0.2) is 14.8 Å². The zero-order valence-corrected chi connectivity index (χ0v) is 20.3. The molecular formula is C25H29Cl2N3O3. The number of carbonyl (C=O) groups is 1. The molecule has 176 valence electrons. The van der Waals surface area contributed by atoms with Crippen LogP contribution in [-0.2, 0) is 30.5 Å². The molecule has 2 aromatic carbocycles. The zero-order chi connectivity index (χ0) is 24.4. The van der Waals surface area contributed by atoms with E-state index in [-0.39, 0.29) is 0 Å². The molecule has 0 spiro atoms. The molecule has 0 fully saturated rings. The van der Waals surface area contributed by atoms with E-state index >= 15 is 0 Å². The van der Waals surface area contributed by atoms with Crippen LogP contribution in [0.2, 0.25) is 10.0 Å². The Morgan fingerprint density at radius 1 is 1.00 bits per heavy atom. The minimum atomic E-state index is -1.19. The highest BCUT2D eigenvalue weighted by Gasteiger charge is 2.14. The Hall–Kier alpha value is -2.67. The first-order valence-electron chi connectivity index (χ1n) is 10.8. The number of aliphatic carboxylic acids is 1. The first-order valence-corrected chi connectivity index (χ1v) is 11.6. The fraction of sp³-hybridized carbons (Fsp3) is 0.320. The summed E-state index contributed by atoms with van der Waals surface area (Å²) < 4.78 is 0. The molecule has 0 bridgehead atoms. The van der Waals surface area contributed by atoms with Gasteiger partial charge in [0.2, 0.25) is 0 Å². The largest absolute Gasteiger partial charge is 0.480 e. The van der Waals surface area contributed by atoms with Crippen molar-refractivity contribution in [2.24, 2.45) is 0 Å². The number of halogens is 2. The molecule has 0 radical (unpaired) electrons. The third-order valence-corrected chi connectivity index (χ3v) is 5.62. The highest BCUT2D eigenvalue weighted by atomic mass is 35.5. The van der Waals surface area contributed by atoms with Gasteiger partial charge in [-0.1, -0.05) is 61.3 Å². The Bertz CT molecular complexity index is 1070. The molecule has 4 rings (SSSR count). The van der Waals surface area contributed by atoms with Gasteiger partial charge in [0.25, 0.3) is 0 Å². The highest BCUT2D eigenvalue weighted by Crippen LogP contribution is 2.32. The molecule has 1 aromatic heterocycles. The van der Waals surface area contributed by atoms with Crippen molar-refractivity contribution >= 4 is 35.0 Å². The van der Waals surface area contributed by atoms with Gasteiger partial charge in [-0.3, -0.25) is 0 Å². The first-order chi connectivity index (χ1) is 15.8. The van der Waals surface area contributed by atoms with Crippen LogP contribution in [0, 0.1) is 0 Å². The van der Waals surface area contributed by atoms with Crippen molar-refractivity contribution in [1.82, 2.24) is 9.97 Å². The van der Waals surface area contributed by atoms with Gasteiger partial charge in [0.1, 0.15) is 12.4 Å². The number of benzene rings is 2. The van der Waals surface area contributed by atoms with E-state index in [4.69, 9.17) is 43.9 Å². The summed E-state index contributed by atoms with van der Waals surface area (Å²) in [5.74, 6) is -0.696. The van der Waals surface area contributed by atoms with E-state index in [2.05, 4.69) is 34.2 Å². The van der Waals surface area contributed by atoms with E-state index in [1.54, 1.807) is 23.3 Å². The SMILES string of the molecule is CCc1nc(-c2ccc(Cl)cc2Cl)c(CC)nc1N.O=C(O)CO.c1ccc2c(c1)CCC2. The molecule has 0 amide bonds. The van der Waals surface area contributed by atoms with Crippen molar-refractivity contribution < 1.29 is 15.0 Å². The second kappa shape index (κ2) is 13.1. The fourth-order valence-electron chi connectivity index (χ4n) is 3.44. The normalized spacial score (nSPS) is 11.5. The number of aliphatic hydroxyl groups excluding tert-OH is 1.